The topological polar surface area (TPSA) is 49.3 Å². The van der Waals surface area contributed by atoms with Gasteiger partial charge in [-0.1, -0.05) is 32.8 Å². The molecule has 0 fully saturated rings. The molecule has 0 unspecified atom stereocenters. The highest BCUT2D eigenvalue weighted by atomic mass is 32.2. The number of hydrogen-bond acceptors (Lipinski definition) is 3. The first-order valence-corrected chi connectivity index (χ1v) is 7.93. The third-order valence-corrected chi connectivity index (χ3v) is 3.76. The average molecular weight is 281 g/mol. The normalized spacial score (nSPS) is 10.7. The van der Waals surface area contributed by atoms with Gasteiger partial charge in [-0.2, -0.15) is 0 Å². The monoisotopic (exact) mass is 281 g/mol. The summed E-state index contributed by atoms with van der Waals surface area (Å²) in [6.45, 7) is 5.26. The number of carboxylic acid groups (broad SMARTS) is 1. The van der Waals surface area contributed by atoms with Crippen LogP contribution in [-0.4, -0.2) is 23.9 Å². The largest absolute Gasteiger partial charge is 0.478 e. The van der Waals surface area contributed by atoms with Crippen molar-refractivity contribution in [1.29, 1.82) is 0 Å². The molecule has 0 aliphatic heterocycles. The zero-order valence-corrected chi connectivity index (χ0v) is 12.7. The van der Waals surface area contributed by atoms with E-state index in [1.807, 2.05) is 24.5 Å². The molecule has 19 heavy (non-hydrogen) atoms. The van der Waals surface area contributed by atoms with Crippen molar-refractivity contribution in [2.75, 3.05) is 18.1 Å². The maximum absolute atomic E-state index is 11.3. The van der Waals surface area contributed by atoms with Crippen LogP contribution in [0.15, 0.2) is 23.1 Å². The van der Waals surface area contributed by atoms with Gasteiger partial charge in [0.25, 0.3) is 0 Å². The Balaban J connectivity index is 2.60. The highest BCUT2D eigenvalue weighted by Crippen LogP contribution is 2.27. The molecule has 0 aromatic heterocycles. The summed E-state index contributed by atoms with van der Waals surface area (Å²) < 4.78 is 0. The lowest BCUT2D eigenvalue weighted by Crippen LogP contribution is -2.09. The minimum absolute atomic E-state index is 0.388. The molecule has 1 rings (SSSR count). The number of anilines is 1. The second kappa shape index (κ2) is 8.10. The molecular weight excluding hydrogens is 258 g/mol. The molecule has 0 spiro atoms. The summed E-state index contributed by atoms with van der Waals surface area (Å²) in [5.74, 6) is -0.135. The molecule has 1 aromatic carbocycles. The summed E-state index contributed by atoms with van der Waals surface area (Å²) in [6, 6.07) is 5.58. The van der Waals surface area contributed by atoms with Crippen LogP contribution in [0.5, 0.6) is 0 Å². The van der Waals surface area contributed by atoms with Crippen LogP contribution in [0.2, 0.25) is 0 Å². The minimum atomic E-state index is -0.866. The van der Waals surface area contributed by atoms with Crippen LogP contribution in [0.3, 0.4) is 0 Å². The molecule has 0 saturated heterocycles. The molecule has 0 bridgehead atoms. The van der Waals surface area contributed by atoms with Gasteiger partial charge in [0, 0.05) is 17.1 Å². The predicted molar refractivity (Wildman–Crippen MR) is 82.4 cm³/mol. The van der Waals surface area contributed by atoms with E-state index in [1.54, 1.807) is 0 Å². The van der Waals surface area contributed by atoms with Gasteiger partial charge in [-0.05, 0) is 30.7 Å². The van der Waals surface area contributed by atoms with Crippen LogP contribution in [-0.2, 0) is 0 Å². The first-order valence-electron chi connectivity index (χ1n) is 6.70. The number of thioether (sulfide) groups is 1. The highest BCUT2D eigenvalue weighted by molar-refractivity contribution is 7.98. The summed E-state index contributed by atoms with van der Waals surface area (Å²) in [5.41, 5.74) is 1.11. The first-order chi connectivity index (χ1) is 9.06. The van der Waals surface area contributed by atoms with Crippen LogP contribution < -0.4 is 5.32 Å². The first kappa shape index (κ1) is 15.9. The van der Waals surface area contributed by atoms with Gasteiger partial charge in [0.05, 0.1) is 5.56 Å². The molecule has 106 valence electrons. The summed E-state index contributed by atoms with van der Waals surface area (Å²) >= 11 is 1.46. The van der Waals surface area contributed by atoms with E-state index in [-0.39, 0.29) is 0 Å². The van der Waals surface area contributed by atoms with Gasteiger partial charge in [-0.25, -0.2) is 4.79 Å². The van der Waals surface area contributed by atoms with E-state index in [1.165, 1.54) is 24.6 Å². The Morgan fingerprint density at radius 1 is 1.37 bits per heavy atom. The molecule has 1 aromatic rings. The summed E-state index contributed by atoms with van der Waals surface area (Å²) in [4.78, 5) is 12.1. The van der Waals surface area contributed by atoms with Crippen molar-refractivity contribution in [2.45, 2.75) is 38.0 Å². The van der Waals surface area contributed by atoms with E-state index in [0.717, 1.165) is 29.5 Å². The zero-order valence-electron chi connectivity index (χ0n) is 11.9. The fourth-order valence-electron chi connectivity index (χ4n) is 1.97. The number of carboxylic acids is 1. The van der Waals surface area contributed by atoms with Crippen molar-refractivity contribution in [2.24, 2.45) is 5.92 Å². The van der Waals surface area contributed by atoms with Gasteiger partial charge in [0.1, 0.15) is 0 Å². The van der Waals surface area contributed by atoms with Gasteiger partial charge in [0.2, 0.25) is 0 Å². The highest BCUT2D eigenvalue weighted by Gasteiger charge is 2.14. The Morgan fingerprint density at radius 2 is 2.11 bits per heavy atom. The fraction of sp³-hybridized carbons (Fsp3) is 0.533. The molecule has 3 nitrogen and oxygen atoms in total. The molecule has 0 amide bonds. The quantitative estimate of drug-likeness (QED) is 0.549. The van der Waals surface area contributed by atoms with Crippen molar-refractivity contribution < 1.29 is 9.90 Å². The Hall–Kier alpha value is -1.16. The van der Waals surface area contributed by atoms with Gasteiger partial charge in [-0.15, -0.1) is 11.8 Å². The van der Waals surface area contributed by atoms with Crippen molar-refractivity contribution in [3.63, 3.8) is 0 Å². The van der Waals surface area contributed by atoms with Crippen molar-refractivity contribution in [3.05, 3.63) is 23.8 Å². The molecule has 4 heteroatoms. The summed E-state index contributed by atoms with van der Waals surface area (Å²) in [5, 5.41) is 12.5. The van der Waals surface area contributed by atoms with Crippen LogP contribution >= 0.6 is 11.8 Å². The van der Waals surface area contributed by atoms with Crippen LogP contribution in [0.4, 0.5) is 5.69 Å². The molecule has 0 saturated carbocycles. The second-order valence-corrected chi connectivity index (χ2v) is 5.85. The maximum Gasteiger partial charge on any atom is 0.338 e. The van der Waals surface area contributed by atoms with Gasteiger partial charge < -0.3 is 10.4 Å². The molecule has 0 aliphatic rings. The van der Waals surface area contributed by atoms with Crippen LogP contribution in [0.25, 0.3) is 0 Å². The van der Waals surface area contributed by atoms with E-state index in [9.17, 15) is 9.90 Å². The maximum atomic E-state index is 11.3. The fourth-order valence-corrected chi connectivity index (χ4v) is 2.59. The predicted octanol–water partition coefficient (Wildman–Crippen LogP) is 4.34. The van der Waals surface area contributed by atoms with E-state index >= 15 is 0 Å². The van der Waals surface area contributed by atoms with Gasteiger partial charge in [0.15, 0.2) is 0 Å². The minimum Gasteiger partial charge on any atom is -0.478 e. The van der Waals surface area contributed by atoms with Gasteiger partial charge in [-0.3, -0.25) is 0 Å². The number of aromatic carboxylic acids is 1. The third kappa shape index (κ3) is 5.15. The number of hydrogen-bond donors (Lipinski definition) is 2. The summed E-state index contributed by atoms with van der Waals surface area (Å²) in [7, 11) is 0. The smallest absolute Gasteiger partial charge is 0.338 e. The van der Waals surface area contributed by atoms with Crippen LogP contribution in [0.1, 0.15) is 43.5 Å². The number of nitrogens with one attached hydrogen (secondary N) is 1. The van der Waals surface area contributed by atoms with Crippen LogP contribution in [0, 0.1) is 5.92 Å². The third-order valence-electron chi connectivity index (χ3n) is 2.98. The SMILES string of the molecule is CSc1cccc(NCCCCC(C)C)c1C(=O)O. The molecule has 0 heterocycles. The zero-order chi connectivity index (χ0) is 14.3. The Labute approximate surface area is 119 Å². The van der Waals surface area contributed by atoms with E-state index < -0.39 is 5.97 Å². The molecule has 0 atom stereocenters. The lowest BCUT2D eigenvalue weighted by atomic mass is 10.1. The summed E-state index contributed by atoms with van der Waals surface area (Å²) in [6.07, 6.45) is 5.36. The number of carbonyl (C=O) groups is 1. The lowest BCUT2D eigenvalue weighted by Gasteiger charge is -2.12. The molecule has 0 aliphatic carbocycles. The molecule has 2 N–H and O–H groups in total. The Morgan fingerprint density at radius 3 is 2.68 bits per heavy atom. The Kier molecular flexibility index (Phi) is 6.78. The molecular formula is C15H23NO2S. The van der Waals surface area contributed by atoms with Crippen molar-refractivity contribution in [1.82, 2.24) is 0 Å². The Bertz CT molecular complexity index is 419. The second-order valence-electron chi connectivity index (χ2n) is 5.00. The number of unbranched alkanes of at least 4 members (excludes halogenated alkanes) is 1. The van der Waals surface area contributed by atoms with E-state index in [0.29, 0.717) is 5.56 Å². The number of rotatable bonds is 8. The molecule has 0 radical (unpaired) electrons. The lowest BCUT2D eigenvalue weighted by molar-refractivity contribution is 0.0694. The number of benzene rings is 1. The van der Waals surface area contributed by atoms with Gasteiger partial charge >= 0.3 is 5.97 Å². The van der Waals surface area contributed by atoms with E-state index in [4.69, 9.17) is 0 Å². The van der Waals surface area contributed by atoms with Crippen molar-refractivity contribution >= 4 is 23.4 Å². The standard InChI is InChI=1S/C15H23NO2S/c1-11(2)7-4-5-10-16-12-8-6-9-13(19-3)14(12)15(17)18/h6,8-9,11,16H,4-5,7,10H2,1-3H3,(H,17,18). The van der Waals surface area contributed by atoms with Crippen molar-refractivity contribution in [3.8, 4) is 0 Å². The van der Waals surface area contributed by atoms with E-state index in [2.05, 4.69) is 19.2 Å². The average Bonchev–Trinajstić information content (AvgIpc) is 2.37.